The van der Waals surface area contributed by atoms with Gasteiger partial charge in [0.05, 0.1) is 19.3 Å². The SMILES string of the molecule is C=C=C[C@@H](C)CC(O)COCc1ccccc1. The first-order chi connectivity index (χ1) is 8.22. The maximum absolute atomic E-state index is 9.73. The number of aliphatic hydroxyl groups is 1. The largest absolute Gasteiger partial charge is 0.391 e. The first-order valence-corrected chi connectivity index (χ1v) is 5.88. The third-order valence-corrected chi connectivity index (χ3v) is 2.47. The Hall–Kier alpha value is -1.34. The van der Waals surface area contributed by atoms with Gasteiger partial charge in [-0.1, -0.05) is 43.8 Å². The van der Waals surface area contributed by atoms with Crippen LogP contribution in [0, 0.1) is 5.92 Å². The molecule has 0 saturated carbocycles. The molecule has 0 aromatic heterocycles. The Kier molecular flexibility index (Phi) is 6.34. The summed E-state index contributed by atoms with van der Waals surface area (Å²) in [6.45, 7) is 6.45. The van der Waals surface area contributed by atoms with E-state index in [1.54, 1.807) is 0 Å². The molecule has 0 amide bonds. The zero-order valence-corrected chi connectivity index (χ0v) is 10.3. The van der Waals surface area contributed by atoms with Crippen LogP contribution in [0.1, 0.15) is 18.9 Å². The Morgan fingerprint density at radius 3 is 2.76 bits per heavy atom. The van der Waals surface area contributed by atoms with Crippen molar-refractivity contribution >= 4 is 0 Å². The predicted octanol–water partition coefficient (Wildman–Crippen LogP) is 2.93. The number of allylic oxidation sites excluding steroid dienone is 1. The van der Waals surface area contributed by atoms with Crippen LogP contribution >= 0.6 is 0 Å². The first-order valence-electron chi connectivity index (χ1n) is 5.88. The lowest BCUT2D eigenvalue weighted by atomic mass is 10.0. The highest BCUT2D eigenvalue weighted by atomic mass is 16.5. The molecule has 0 bridgehead atoms. The first kappa shape index (κ1) is 13.7. The molecule has 0 saturated heterocycles. The van der Waals surface area contributed by atoms with E-state index in [9.17, 15) is 5.11 Å². The van der Waals surface area contributed by atoms with E-state index in [0.29, 0.717) is 19.6 Å². The molecule has 0 heterocycles. The second-order valence-electron chi connectivity index (χ2n) is 4.24. The molecule has 2 nitrogen and oxygen atoms in total. The van der Waals surface area contributed by atoms with E-state index >= 15 is 0 Å². The van der Waals surface area contributed by atoms with Crippen LogP contribution in [0.5, 0.6) is 0 Å². The highest BCUT2D eigenvalue weighted by Gasteiger charge is 2.08. The number of ether oxygens (including phenoxy) is 1. The summed E-state index contributed by atoms with van der Waals surface area (Å²) in [5, 5.41) is 9.73. The van der Waals surface area contributed by atoms with Crippen LogP contribution in [0.3, 0.4) is 0 Å². The Morgan fingerprint density at radius 2 is 2.12 bits per heavy atom. The molecule has 1 aromatic rings. The molecular formula is C15H20O2. The summed E-state index contributed by atoms with van der Waals surface area (Å²) in [5.74, 6) is 0.280. The van der Waals surface area contributed by atoms with Gasteiger partial charge in [0.2, 0.25) is 0 Å². The molecule has 0 aliphatic rings. The summed E-state index contributed by atoms with van der Waals surface area (Å²) >= 11 is 0. The number of hydrogen-bond acceptors (Lipinski definition) is 2. The summed E-state index contributed by atoms with van der Waals surface area (Å²) in [7, 11) is 0. The minimum Gasteiger partial charge on any atom is -0.391 e. The standard InChI is InChI=1S/C15H20O2/c1-3-7-13(2)10-15(16)12-17-11-14-8-5-4-6-9-14/h4-9,13,15-16H,1,10-12H2,2H3/t13-,15?/m1/s1. The monoisotopic (exact) mass is 232 g/mol. The summed E-state index contributed by atoms with van der Waals surface area (Å²) in [5.41, 5.74) is 3.85. The lowest BCUT2D eigenvalue weighted by Crippen LogP contribution is -2.17. The molecule has 1 unspecified atom stereocenters. The van der Waals surface area contributed by atoms with E-state index in [2.05, 4.69) is 12.3 Å². The van der Waals surface area contributed by atoms with Gasteiger partial charge in [0.25, 0.3) is 0 Å². The zero-order chi connectivity index (χ0) is 12.5. The molecule has 1 aromatic carbocycles. The fourth-order valence-corrected chi connectivity index (χ4v) is 1.65. The van der Waals surface area contributed by atoms with Crippen molar-refractivity contribution in [3.63, 3.8) is 0 Å². The Labute approximate surface area is 103 Å². The van der Waals surface area contributed by atoms with E-state index in [0.717, 1.165) is 5.56 Å². The molecule has 0 fully saturated rings. The average Bonchev–Trinajstić information content (AvgIpc) is 2.30. The lowest BCUT2D eigenvalue weighted by molar-refractivity contribution is 0.0204. The van der Waals surface area contributed by atoms with E-state index < -0.39 is 6.10 Å². The van der Waals surface area contributed by atoms with Crippen molar-refractivity contribution in [2.45, 2.75) is 26.1 Å². The normalized spacial score (nSPS) is 13.8. The number of rotatable bonds is 7. The summed E-state index contributed by atoms with van der Waals surface area (Å²) in [4.78, 5) is 0. The highest BCUT2D eigenvalue weighted by Crippen LogP contribution is 2.08. The molecule has 0 aliphatic carbocycles. The smallest absolute Gasteiger partial charge is 0.0779 e. The van der Waals surface area contributed by atoms with Crippen molar-refractivity contribution < 1.29 is 9.84 Å². The lowest BCUT2D eigenvalue weighted by Gasteiger charge is -2.13. The quantitative estimate of drug-likeness (QED) is 0.732. The Bertz CT molecular complexity index is 352. The molecule has 1 rings (SSSR count). The molecule has 0 spiro atoms. The molecule has 0 radical (unpaired) electrons. The Morgan fingerprint density at radius 1 is 1.41 bits per heavy atom. The van der Waals surface area contributed by atoms with Crippen molar-refractivity contribution in [1.29, 1.82) is 0 Å². The van der Waals surface area contributed by atoms with Gasteiger partial charge in [-0.2, -0.15) is 0 Å². The van der Waals surface area contributed by atoms with Gasteiger partial charge in [-0.25, -0.2) is 0 Å². The van der Waals surface area contributed by atoms with E-state index in [1.165, 1.54) is 0 Å². The van der Waals surface area contributed by atoms with Gasteiger partial charge < -0.3 is 9.84 Å². The average molecular weight is 232 g/mol. The minimum absolute atomic E-state index is 0.280. The van der Waals surface area contributed by atoms with Gasteiger partial charge in [0.1, 0.15) is 0 Å². The molecule has 1 N–H and O–H groups in total. The fraction of sp³-hybridized carbons (Fsp3) is 0.400. The van der Waals surface area contributed by atoms with E-state index in [1.807, 2.05) is 43.3 Å². The second kappa shape index (κ2) is 7.86. The van der Waals surface area contributed by atoms with Crippen LogP contribution in [0.2, 0.25) is 0 Å². The molecule has 17 heavy (non-hydrogen) atoms. The zero-order valence-electron chi connectivity index (χ0n) is 10.3. The van der Waals surface area contributed by atoms with Crippen LogP contribution in [0.4, 0.5) is 0 Å². The van der Waals surface area contributed by atoms with Gasteiger partial charge in [0.15, 0.2) is 0 Å². The summed E-state index contributed by atoms with van der Waals surface area (Å²) in [6, 6.07) is 9.95. The number of hydrogen-bond donors (Lipinski definition) is 1. The van der Waals surface area contributed by atoms with Gasteiger partial charge in [-0.05, 0) is 24.0 Å². The molecular weight excluding hydrogens is 212 g/mol. The van der Waals surface area contributed by atoms with Crippen molar-refractivity contribution in [3.05, 3.63) is 54.3 Å². The van der Waals surface area contributed by atoms with Gasteiger partial charge in [0, 0.05) is 0 Å². The van der Waals surface area contributed by atoms with Gasteiger partial charge >= 0.3 is 0 Å². The minimum atomic E-state index is -0.432. The van der Waals surface area contributed by atoms with Crippen LogP contribution in [-0.2, 0) is 11.3 Å². The third-order valence-electron chi connectivity index (χ3n) is 2.47. The number of benzene rings is 1. The van der Waals surface area contributed by atoms with Crippen molar-refractivity contribution in [2.24, 2.45) is 5.92 Å². The number of aliphatic hydroxyl groups excluding tert-OH is 1. The highest BCUT2D eigenvalue weighted by molar-refractivity contribution is 5.13. The summed E-state index contributed by atoms with van der Waals surface area (Å²) in [6.07, 6.45) is 2.11. The molecule has 2 heteroatoms. The fourth-order valence-electron chi connectivity index (χ4n) is 1.65. The van der Waals surface area contributed by atoms with Crippen LogP contribution < -0.4 is 0 Å². The molecule has 0 aliphatic heterocycles. The van der Waals surface area contributed by atoms with Crippen LogP contribution in [0.15, 0.2) is 48.7 Å². The second-order valence-corrected chi connectivity index (χ2v) is 4.24. The van der Waals surface area contributed by atoms with Crippen molar-refractivity contribution in [1.82, 2.24) is 0 Å². The van der Waals surface area contributed by atoms with Gasteiger partial charge in [-0.3, -0.25) is 0 Å². The third kappa shape index (κ3) is 6.08. The Balaban J connectivity index is 2.20. The van der Waals surface area contributed by atoms with E-state index in [4.69, 9.17) is 4.74 Å². The maximum atomic E-state index is 9.73. The summed E-state index contributed by atoms with van der Waals surface area (Å²) < 4.78 is 5.46. The van der Waals surface area contributed by atoms with Crippen LogP contribution in [0.25, 0.3) is 0 Å². The molecule has 92 valence electrons. The van der Waals surface area contributed by atoms with Crippen molar-refractivity contribution in [3.8, 4) is 0 Å². The molecule has 2 atom stereocenters. The predicted molar refractivity (Wildman–Crippen MR) is 69.6 cm³/mol. The van der Waals surface area contributed by atoms with Crippen LogP contribution in [-0.4, -0.2) is 17.8 Å². The van der Waals surface area contributed by atoms with Crippen molar-refractivity contribution in [2.75, 3.05) is 6.61 Å². The maximum Gasteiger partial charge on any atom is 0.0779 e. The van der Waals surface area contributed by atoms with E-state index in [-0.39, 0.29) is 5.92 Å². The van der Waals surface area contributed by atoms with Gasteiger partial charge in [-0.15, -0.1) is 5.73 Å². The topological polar surface area (TPSA) is 29.5 Å².